The fraction of sp³-hybridized carbons (Fsp3) is 0.923. The monoisotopic (exact) mass is 227 g/mol. The zero-order chi connectivity index (χ0) is 11.8. The van der Waals surface area contributed by atoms with Crippen molar-refractivity contribution in [1.29, 1.82) is 0 Å². The molecule has 3 heteroatoms. The number of nitrogens with two attached hydrogens (primary N) is 1. The lowest BCUT2D eigenvalue weighted by Crippen LogP contribution is -2.28. The molecule has 1 aliphatic carbocycles. The highest BCUT2D eigenvalue weighted by Gasteiger charge is 2.24. The first-order chi connectivity index (χ1) is 7.74. The number of carbonyl (C=O) groups is 1. The molecule has 16 heavy (non-hydrogen) atoms. The minimum absolute atomic E-state index is 0.0178. The molecule has 94 valence electrons. The summed E-state index contributed by atoms with van der Waals surface area (Å²) in [5, 5.41) is 0. The van der Waals surface area contributed by atoms with Crippen molar-refractivity contribution in [2.75, 3.05) is 6.54 Å². The topological polar surface area (TPSA) is 52.3 Å². The van der Waals surface area contributed by atoms with Gasteiger partial charge in [-0.15, -0.1) is 0 Å². The van der Waals surface area contributed by atoms with E-state index in [9.17, 15) is 4.79 Å². The van der Waals surface area contributed by atoms with Crippen molar-refractivity contribution < 1.29 is 9.53 Å². The minimum atomic E-state index is -0.0178. The molecule has 0 aromatic heterocycles. The van der Waals surface area contributed by atoms with Crippen LogP contribution < -0.4 is 5.73 Å². The Balaban J connectivity index is 2.12. The Kier molecular flexibility index (Phi) is 6.46. The SMILES string of the molecule is CC1CCCCC1OC(=O)CCCCCN. The maximum Gasteiger partial charge on any atom is 0.306 e. The van der Waals surface area contributed by atoms with E-state index in [-0.39, 0.29) is 12.1 Å². The lowest BCUT2D eigenvalue weighted by molar-refractivity contribution is -0.153. The van der Waals surface area contributed by atoms with Gasteiger partial charge in [0, 0.05) is 6.42 Å². The van der Waals surface area contributed by atoms with E-state index in [1.54, 1.807) is 0 Å². The van der Waals surface area contributed by atoms with Crippen LogP contribution in [0.25, 0.3) is 0 Å². The molecule has 3 nitrogen and oxygen atoms in total. The van der Waals surface area contributed by atoms with Crippen molar-refractivity contribution in [1.82, 2.24) is 0 Å². The zero-order valence-corrected chi connectivity index (χ0v) is 10.4. The second kappa shape index (κ2) is 7.66. The fourth-order valence-electron chi connectivity index (χ4n) is 2.28. The van der Waals surface area contributed by atoms with Crippen molar-refractivity contribution in [3.05, 3.63) is 0 Å². The van der Waals surface area contributed by atoms with E-state index in [1.165, 1.54) is 19.3 Å². The van der Waals surface area contributed by atoms with Crippen molar-refractivity contribution in [2.45, 2.75) is 64.4 Å². The Morgan fingerprint density at radius 2 is 2.00 bits per heavy atom. The first-order valence-electron chi connectivity index (χ1n) is 6.63. The van der Waals surface area contributed by atoms with Crippen LogP contribution in [0.15, 0.2) is 0 Å². The first-order valence-corrected chi connectivity index (χ1v) is 6.63. The van der Waals surface area contributed by atoms with Crippen molar-refractivity contribution >= 4 is 5.97 Å². The molecule has 0 aliphatic heterocycles. The van der Waals surface area contributed by atoms with Gasteiger partial charge in [0.25, 0.3) is 0 Å². The van der Waals surface area contributed by atoms with Crippen LogP contribution in [0.1, 0.15) is 58.3 Å². The summed E-state index contributed by atoms with van der Waals surface area (Å²) in [4.78, 5) is 11.6. The molecule has 0 radical (unpaired) electrons. The highest BCUT2D eigenvalue weighted by molar-refractivity contribution is 5.69. The van der Waals surface area contributed by atoms with Gasteiger partial charge in [0.2, 0.25) is 0 Å². The molecule has 0 spiro atoms. The Labute approximate surface area is 98.7 Å². The van der Waals surface area contributed by atoms with E-state index in [1.807, 2.05) is 0 Å². The Morgan fingerprint density at radius 1 is 1.25 bits per heavy atom. The lowest BCUT2D eigenvalue weighted by Gasteiger charge is -2.28. The highest BCUT2D eigenvalue weighted by Crippen LogP contribution is 2.26. The standard InChI is InChI=1S/C13H25NO2/c1-11-7-4-5-8-12(11)16-13(15)9-3-2-6-10-14/h11-12H,2-10,14H2,1H3. The van der Waals surface area contributed by atoms with Crippen molar-refractivity contribution in [3.63, 3.8) is 0 Å². The van der Waals surface area contributed by atoms with Gasteiger partial charge < -0.3 is 10.5 Å². The number of hydrogen-bond acceptors (Lipinski definition) is 3. The molecule has 2 atom stereocenters. The summed E-state index contributed by atoms with van der Waals surface area (Å²) >= 11 is 0. The van der Waals surface area contributed by atoms with Gasteiger partial charge in [0.1, 0.15) is 6.10 Å². The Bertz CT molecular complexity index is 206. The van der Waals surface area contributed by atoms with Gasteiger partial charge in [-0.25, -0.2) is 0 Å². The average Bonchev–Trinajstić information content (AvgIpc) is 2.28. The third-order valence-electron chi connectivity index (χ3n) is 3.40. The molecule has 0 aromatic rings. The average molecular weight is 227 g/mol. The lowest BCUT2D eigenvalue weighted by atomic mass is 9.88. The molecule has 1 rings (SSSR count). The molecule has 0 amide bonds. The van der Waals surface area contributed by atoms with E-state index in [2.05, 4.69) is 6.92 Å². The second-order valence-electron chi connectivity index (χ2n) is 4.89. The van der Waals surface area contributed by atoms with Gasteiger partial charge in [-0.05, 0) is 44.6 Å². The maximum atomic E-state index is 11.6. The van der Waals surface area contributed by atoms with Gasteiger partial charge >= 0.3 is 5.97 Å². The van der Waals surface area contributed by atoms with Crippen LogP contribution in [-0.2, 0) is 9.53 Å². The molecule has 0 saturated heterocycles. The summed E-state index contributed by atoms with van der Waals surface area (Å²) in [5.74, 6) is 0.525. The number of carbonyl (C=O) groups excluding carboxylic acids is 1. The summed E-state index contributed by atoms with van der Waals surface area (Å²) in [6, 6.07) is 0. The Morgan fingerprint density at radius 3 is 2.69 bits per heavy atom. The molecule has 2 N–H and O–H groups in total. The number of unbranched alkanes of at least 4 members (excludes halogenated alkanes) is 2. The second-order valence-corrected chi connectivity index (χ2v) is 4.89. The van der Waals surface area contributed by atoms with Crippen LogP contribution in [-0.4, -0.2) is 18.6 Å². The van der Waals surface area contributed by atoms with Crippen LogP contribution in [0.5, 0.6) is 0 Å². The molecule has 2 unspecified atom stereocenters. The van der Waals surface area contributed by atoms with Crippen LogP contribution in [0, 0.1) is 5.92 Å². The predicted octanol–water partition coefficient (Wildman–Crippen LogP) is 2.63. The molecular formula is C13H25NO2. The summed E-state index contributed by atoms with van der Waals surface area (Å²) < 4.78 is 5.51. The Hall–Kier alpha value is -0.570. The minimum Gasteiger partial charge on any atom is -0.462 e. The normalized spacial score (nSPS) is 25.4. The molecule has 0 bridgehead atoms. The molecule has 1 saturated carbocycles. The van der Waals surface area contributed by atoms with Gasteiger partial charge in [0.05, 0.1) is 0 Å². The van der Waals surface area contributed by atoms with E-state index in [0.717, 1.165) is 25.7 Å². The summed E-state index contributed by atoms with van der Waals surface area (Å²) in [6.45, 7) is 2.90. The van der Waals surface area contributed by atoms with Crippen LogP contribution >= 0.6 is 0 Å². The van der Waals surface area contributed by atoms with E-state index >= 15 is 0 Å². The largest absolute Gasteiger partial charge is 0.462 e. The molecular weight excluding hydrogens is 202 g/mol. The molecule has 0 aromatic carbocycles. The van der Waals surface area contributed by atoms with E-state index in [4.69, 9.17) is 10.5 Å². The van der Waals surface area contributed by atoms with Gasteiger partial charge in [-0.3, -0.25) is 4.79 Å². The van der Waals surface area contributed by atoms with Gasteiger partial charge in [-0.1, -0.05) is 19.8 Å². The third-order valence-corrected chi connectivity index (χ3v) is 3.40. The number of ether oxygens (including phenoxy) is 1. The third kappa shape index (κ3) is 4.97. The summed E-state index contributed by atoms with van der Waals surface area (Å²) in [5.41, 5.74) is 5.40. The fourth-order valence-corrected chi connectivity index (χ4v) is 2.28. The smallest absolute Gasteiger partial charge is 0.306 e. The van der Waals surface area contributed by atoms with Crippen LogP contribution in [0.2, 0.25) is 0 Å². The molecule has 1 aliphatic rings. The van der Waals surface area contributed by atoms with Crippen molar-refractivity contribution in [2.24, 2.45) is 11.7 Å². The van der Waals surface area contributed by atoms with Crippen molar-refractivity contribution in [3.8, 4) is 0 Å². The quantitative estimate of drug-likeness (QED) is 0.560. The first kappa shape index (κ1) is 13.5. The van der Waals surface area contributed by atoms with Crippen LogP contribution in [0.4, 0.5) is 0 Å². The number of hydrogen-bond donors (Lipinski definition) is 1. The number of rotatable bonds is 6. The van der Waals surface area contributed by atoms with Gasteiger partial charge in [0.15, 0.2) is 0 Å². The molecule has 1 fully saturated rings. The summed E-state index contributed by atoms with van der Waals surface area (Å²) in [7, 11) is 0. The highest BCUT2D eigenvalue weighted by atomic mass is 16.5. The van der Waals surface area contributed by atoms with Crippen LogP contribution in [0.3, 0.4) is 0 Å². The maximum absolute atomic E-state index is 11.6. The predicted molar refractivity (Wildman–Crippen MR) is 65.0 cm³/mol. The van der Waals surface area contributed by atoms with E-state index < -0.39 is 0 Å². The zero-order valence-electron chi connectivity index (χ0n) is 10.4. The number of esters is 1. The summed E-state index contributed by atoms with van der Waals surface area (Å²) in [6.07, 6.45) is 8.43. The van der Waals surface area contributed by atoms with Gasteiger partial charge in [-0.2, -0.15) is 0 Å². The molecule has 0 heterocycles. The van der Waals surface area contributed by atoms with E-state index in [0.29, 0.717) is 18.9 Å².